The maximum Gasteiger partial charge on any atom is 0.231 e. The maximum absolute atomic E-state index is 5.89. The van der Waals surface area contributed by atoms with E-state index >= 15 is 0 Å². The first-order chi connectivity index (χ1) is 9.61. The van der Waals surface area contributed by atoms with Crippen molar-refractivity contribution in [3.63, 3.8) is 0 Å². The van der Waals surface area contributed by atoms with Gasteiger partial charge in [0, 0.05) is 26.2 Å². The minimum atomic E-state index is 0.336. The summed E-state index contributed by atoms with van der Waals surface area (Å²) in [7, 11) is 0. The Morgan fingerprint density at radius 3 is 2.05 bits per heavy atom. The summed E-state index contributed by atoms with van der Waals surface area (Å²) >= 11 is 0. The molecule has 2 unspecified atom stereocenters. The van der Waals surface area contributed by atoms with Crippen LogP contribution in [0.5, 0.6) is 0 Å². The zero-order valence-corrected chi connectivity index (χ0v) is 12.4. The van der Waals surface area contributed by atoms with E-state index in [1.165, 1.54) is 19.3 Å². The molecule has 0 saturated carbocycles. The van der Waals surface area contributed by atoms with Crippen molar-refractivity contribution < 1.29 is 0 Å². The Hall–Kier alpha value is -1.59. The number of nitrogen functional groups attached to an aromatic ring is 1. The second-order valence-electron chi connectivity index (χ2n) is 6.34. The number of hydrogen-bond donors (Lipinski definition) is 1. The van der Waals surface area contributed by atoms with Crippen molar-refractivity contribution >= 4 is 17.8 Å². The van der Waals surface area contributed by atoms with Gasteiger partial charge in [0.25, 0.3) is 0 Å². The SMILES string of the molecule is CC1CC(C)CN(c2nc(N)nc(N3CCCC3)n2)C1. The molecule has 0 radical (unpaired) electrons. The number of piperidine rings is 1. The molecule has 0 bridgehead atoms. The second kappa shape index (κ2) is 5.42. The van der Waals surface area contributed by atoms with Gasteiger partial charge in [0.05, 0.1) is 0 Å². The lowest BCUT2D eigenvalue weighted by atomic mass is 9.92. The van der Waals surface area contributed by atoms with Gasteiger partial charge in [-0.2, -0.15) is 15.0 Å². The van der Waals surface area contributed by atoms with E-state index < -0.39 is 0 Å². The molecular formula is C14H24N6. The Morgan fingerprint density at radius 1 is 0.900 bits per heavy atom. The average molecular weight is 276 g/mol. The summed E-state index contributed by atoms with van der Waals surface area (Å²) in [5, 5.41) is 0. The van der Waals surface area contributed by atoms with Crippen molar-refractivity contribution in [2.45, 2.75) is 33.1 Å². The van der Waals surface area contributed by atoms with E-state index in [2.05, 4.69) is 38.6 Å². The molecule has 3 rings (SSSR count). The molecule has 2 fully saturated rings. The molecule has 0 aliphatic carbocycles. The molecule has 6 heteroatoms. The third-order valence-electron chi connectivity index (χ3n) is 4.17. The number of nitrogens with zero attached hydrogens (tertiary/aromatic N) is 5. The molecule has 0 amide bonds. The smallest absolute Gasteiger partial charge is 0.231 e. The van der Waals surface area contributed by atoms with Gasteiger partial charge in [-0.05, 0) is 31.1 Å². The van der Waals surface area contributed by atoms with E-state index in [1.54, 1.807) is 0 Å². The average Bonchev–Trinajstić information content (AvgIpc) is 2.90. The van der Waals surface area contributed by atoms with Gasteiger partial charge in [-0.1, -0.05) is 13.8 Å². The quantitative estimate of drug-likeness (QED) is 0.883. The molecule has 2 atom stereocenters. The number of anilines is 3. The van der Waals surface area contributed by atoms with Gasteiger partial charge in [-0.25, -0.2) is 0 Å². The fourth-order valence-electron chi connectivity index (χ4n) is 3.40. The van der Waals surface area contributed by atoms with Crippen molar-refractivity contribution in [2.75, 3.05) is 41.7 Å². The molecule has 2 aliphatic rings. The van der Waals surface area contributed by atoms with Crippen LogP contribution in [0, 0.1) is 11.8 Å². The molecule has 1 aromatic rings. The normalized spacial score (nSPS) is 27.1. The molecular weight excluding hydrogens is 252 g/mol. The van der Waals surface area contributed by atoms with Crippen LogP contribution in [0.25, 0.3) is 0 Å². The lowest BCUT2D eigenvalue weighted by Crippen LogP contribution is -2.40. The first-order valence-corrected chi connectivity index (χ1v) is 7.63. The third-order valence-corrected chi connectivity index (χ3v) is 4.17. The molecule has 3 heterocycles. The summed E-state index contributed by atoms with van der Waals surface area (Å²) < 4.78 is 0. The van der Waals surface area contributed by atoms with Crippen LogP contribution in [0.3, 0.4) is 0 Å². The Morgan fingerprint density at radius 2 is 1.45 bits per heavy atom. The van der Waals surface area contributed by atoms with Gasteiger partial charge in [0.15, 0.2) is 0 Å². The summed E-state index contributed by atoms with van der Waals surface area (Å²) in [6, 6.07) is 0. The second-order valence-corrected chi connectivity index (χ2v) is 6.34. The Bertz CT molecular complexity index is 461. The molecule has 0 aromatic carbocycles. The van der Waals surface area contributed by atoms with E-state index in [4.69, 9.17) is 5.73 Å². The van der Waals surface area contributed by atoms with Gasteiger partial charge >= 0.3 is 0 Å². The van der Waals surface area contributed by atoms with Crippen molar-refractivity contribution in [3.8, 4) is 0 Å². The maximum atomic E-state index is 5.89. The molecule has 0 spiro atoms. The highest BCUT2D eigenvalue weighted by Gasteiger charge is 2.25. The van der Waals surface area contributed by atoms with Crippen LogP contribution in [0.15, 0.2) is 0 Å². The van der Waals surface area contributed by atoms with Gasteiger partial charge in [0.1, 0.15) is 0 Å². The van der Waals surface area contributed by atoms with E-state index in [1.807, 2.05) is 0 Å². The molecule has 20 heavy (non-hydrogen) atoms. The molecule has 2 saturated heterocycles. The topological polar surface area (TPSA) is 71.2 Å². The largest absolute Gasteiger partial charge is 0.368 e. The van der Waals surface area contributed by atoms with Crippen molar-refractivity contribution in [1.29, 1.82) is 0 Å². The fraction of sp³-hybridized carbons (Fsp3) is 0.786. The van der Waals surface area contributed by atoms with Crippen LogP contribution in [0.2, 0.25) is 0 Å². The van der Waals surface area contributed by atoms with Crippen LogP contribution in [0.1, 0.15) is 33.1 Å². The standard InChI is InChI=1S/C14H24N6/c1-10-7-11(2)9-20(8-10)14-17-12(15)16-13(18-14)19-5-3-4-6-19/h10-11H,3-9H2,1-2H3,(H2,15,16,17,18). The monoisotopic (exact) mass is 276 g/mol. The summed E-state index contributed by atoms with van der Waals surface area (Å²) in [6.45, 7) is 8.63. The molecule has 2 aliphatic heterocycles. The Kier molecular flexibility index (Phi) is 3.63. The van der Waals surface area contributed by atoms with Crippen molar-refractivity contribution in [2.24, 2.45) is 11.8 Å². The lowest BCUT2D eigenvalue weighted by Gasteiger charge is -2.35. The van der Waals surface area contributed by atoms with Crippen LogP contribution < -0.4 is 15.5 Å². The van der Waals surface area contributed by atoms with Crippen LogP contribution in [-0.4, -0.2) is 41.1 Å². The highest BCUT2D eigenvalue weighted by atomic mass is 15.4. The number of nitrogens with two attached hydrogens (primary N) is 1. The van der Waals surface area contributed by atoms with Crippen molar-refractivity contribution in [1.82, 2.24) is 15.0 Å². The van der Waals surface area contributed by atoms with Gasteiger partial charge in [-0.15, -0.1) is 0 Å². The fourth-order valence-corrected chi connectivity index (χ4v) is 3.40. The van der Waals surface area contributed by atoms with Gasteiger partial charge < -0.3 is 15.5 Å². The van der Waals surface area contributed by atoms with Gasteiger partial charge in [0.2, 0.25) is 17.8 Å². The summed E-state index contributed by atoms with van der Waals surface area (Å²) in [4.78, 5) is 17.8. The minimum absolute atomic E-state index is 0.336. The predicted molar refractivity (Wildman–Crippen MR) is 80.8 cm³/mol. The van der Waals surface area contributed by atoms with E-state index in [0.29, 0.717) is 17.8 Å². The predicted octanol–water partition coefficient (Wildman–Crippen LogP) is 1.54. The molecule has 110 valence electrons. The summed E-state index contributed by atoms with van der Waals surface area (Å²) in [6.07, 6.45) is 3.69. The molecule has 6 nitrogen and oxygen atoms in total. The lowest BCUT2D eigenvalue weighted by molar-refractivity contribution is 0.353. The molecule has 2 N–H and O–H groups in total. The first kappa shape index (κ1) is 13.4. The number of rotatable bonds is 2. The Labute approximate surface area is 120 Å². The van der Waals surface area contributed by atoms with E-state index in [9.17, 15) is 0 Å². The number of hydrogen-bond acceptors (Lipinski definition) is 6. The highest BCUT2D eigenvalue weighted by molar-refractivity contribution is 5.44. The van der Waals surface area contributed by atoms with Gasteiger partial charge in [-0.3, -0.25) is 0 Å². The van der Waals surface area contributed by atoms with Crippen LogP contribution >= 0.6 is 0 Å². The van der Waals surface area contributed by atoms with E-state index in [0.717, 1.165) is 38.1 Å². The van der Waals surface area contributed by atoms with Crippen molar-refractivity contribution in [3.05, 3.63) is 0 Å². The van der Waals surface area contributed by atoms with E-state index in [-0.39, 0.29) is 0 Å². The minimum Gasteiger partial charge on any atom is -0.368 e. The third kappa shape index (κ3) is 2.78. The Balaban J connectivity index is 1.85. The van der Waals surface area contributed by atoms with Crippen LogP contribution in [-0.2, 0) is 0 Å². The summed E-state index contributed by atoms with van der Waals surface area (Å²) in [5.74, 6) is 3.18. The zero-order valence-electron chi connectivity index (χ0n) is 12.4. The van der Waals surface area contributed by atoms with Crippen LogP contribution in [0.4, 0.5) is 17.8 Å². The first-order valence-electron chi connectivity index (χ1n) is 7.63. The zero-order chi connectivity index (χ0) is 14.1. The molecule has 1 aromatic heterocycles. The highest BCUT2D eigenvalue weighted by Crippen LogP contribution is 2.26. The number of aromatic nitrogens is 3. The summed E-state index contributed by atoms with van der Waals surface area (Å²) in [5.41, 5.74) is 5.89.